The number of rotatable bonds is 2. The number of fused-ring (bicyclic) bond motifs is 1. The predicted octanol–water partition coefficient (Wildman–Crippen LogP) is 6.30. The van der Waals surface area contributed by atoms with Crippen molar-refractivity contribution >= 4 is 33.4 Å². The lowest BCUT2D eigenvalue weighted by atomic mass is 9.98. The zero-order valence-corrected chi connectivity index (χ0v) is 12.4. The molecule has 20 heavy (non-hydrogen) atoms. The van der Waals surface area contributed by atoms with Gasteiger partial charge in [-0.1, -0.05) is 48.5 Å². The molecule has 0 spiro atoms. The maximum atomic E-state index is 2.22. The summed E-state index contributed by atoms with van der Waals surface area (Å²) < 4.78 is 0. The second-order valence-corrected chi connectivity index (χ2v) is 6.56. The summed E-state index contributed by atoms with van der Waals surface area (Å²) in [5.41, 5.74) is 2.66. The third-order valence-corrected chi connectivity index (χ3v) is 5.30. The van der Waals surface area contributed by atoms with Gasteiger partial charge in [-0.2, -0.15) is 0 Å². The number of hydrogen-bond acceptors (Lipinski definition) is 2. The number of thiophene rings is 2. The van der Waals surface area contributed by atoms with Crippen molar-refractivity contribution in [3.05, 3.63) is 71.4 Å². The highest BCUT2D eigenvalue weighted by Crippen LogP contribution is 2.37. The molecule has 0 amide bonds. The van der Waals surface area contributed by atoms with E-state index in [1.807, 2.05) is 0 Å². The third-order valence-electron chi connectivity index (χ3n) is 3.50. The second-order valence-electron chi connectivity index (χ2n) is 4.66. The van der Waals surface area contributed by atoms with Crippen LogP contribution in [0.25, 0.3) is 31.7 Å². The smallest absolute Gasteiger partial charge is 0.0348 e. The highest BCUT2D eigenvalue weighted by atomic mass is 32.1. The van der Waals surface area contributed by atoms with E-state index in [4.69, 9.17) is 0 Å². The van der Waals surface area contributed by atoms with Gasteiger partial charge in [0.25, 0.3) is 0 Å². The van der Waals surface area contributed by atoms with Gasteiger partial charge < -0.3 is 0 Å². The van der Waals surface area contributed by atoms with E-state index in [0.29, 0.717) is 0 Å². The van der Waals surface area contributed by atoms with Crippen LogP contribution in [0, 0.1) is 0 Å². The summed E-state index contributed by atoms with van der Waals surface area (Å²) in [4.78, 5) is 2.66. The summed E-state index contributed by atoms with van der Waals surface area (Å²) in [6.45, 7) is 0. The molecule has 0 nitrogen and oxygen atoms in total. The van der Waals surface area contributed by atoms with E-state index in [1.54, 1.807) is 22.7 Å². The molecule has 2 aromatic heterocycles. The standard InChI is InChI=1S/C18H12S2/c1-5-13-14(15(7-1)17-9-3-11-19-17)6-2-8-16(13)18-10-4-12-20-18/h1-12H. The maximum absolute atomic E-state index is 2.22. The van der Waals surface area contributed by atoms with Crippen LogP contribution in [0.4, 0.5) is 0 Å². The fraction of sp³-hybridized carbons (Fsp3) is 0. The van der Waals surface area contributed by atoms with Gasteiger partial charge in [-0.15, -0.1) is 22.7 Å². The molecule has 2 aromatic carbocycles. The zero-order valence-electron chi connectivity index (χ0n) is 10.7. The topological polar surface area (TPSA) is 0 Å². The van der Waals surface area contributed by atoms with Crippen LogP contribution in [0.1, 0.15) is 0 Å². The van der Waals surface area contributed by atoms with Crippen LogP contribution in [-0.2, 0) is 0 Å². The van der Waals surface area contributed by atoms with Crippen molar-refractivity contribution < 1.29 is 0 Å². The first kappa shape index (κ1) is 11.9. The molecule has 0 aliphatic heterocycles. The minimum Gasteiger partial charge on any atom is -0.144 e. The van der Waals surface area contributed by atoms with Crippen molar-refractivity contribution in [3.8, 4) is 20.9 Å². The summed E-state index contributed by atoms with van der Waals surface area (Å²) in [5.74, 6) is 0. The van der Waals surface area contributed by atoms with Crippen molar-refractivity contribution in [3.63, 3.8) is 0 Å². The van der Waals surface area contributed by atoms with Gasteiger partial charge in [0, 0.05) is 9.75 Å². The van der Waals surface area contributed by atoms with E-state index >= 15 is 0 Å². The predicted molar refractivity (Wildman–Crippen MR) is 90.6 cm³/mol. The lowest BCUT2D eigenvalue weighted by Crippen LogP contribution is -1.81. The van der Waals surface area contributed by atoms with Crippen LogP contribution in [0.3, 0.4) is 0 Å². The van der Waals surface area contributed by atoms with Gasteiger partial charge in [0.1, 0.15) is 0 Å². The molecule has 0 fully saturated rings. The molecule has 0 bridgehead atoms. The molecule has 4 aromatic rings. The van der Waals surface area contributed by atoms with Crippen molar-refractivity contribution in [1.82, 2.24) is 0 Å². The van der Waals surface area contributed by atoms with Gasteiger partial charge in [-0.25, -0.2) is 0 Å². The highest BCUT2D eigenvalue weighted by Gasteiger charge is 2.08. The molecule has 96 valence electrons. The van der Waals surface area contributed by atoms with E-state index in [2.05, 4.69) is 71.4 Å². The van der Waals surface area contributed by atoms with Gasteiger partial charge in [-0.05, 0) is 44.8 Å². The Morgan fingerprint density at radius 1 is 0.500 bits per heavy atom. The Hall–Kier alpha value is -1.90. The summed E-state index contributed by atoms with van der Waals surface area (Å²) in [7, 11) is 0. The number of hydrogen-bond donors (Lipinski definition) is 0. The first-order valence-electron chi connectivity index (χ1n) is 6.53. The normalized spacial score (nSPS) is 11.0. The van der Waals surface area contributed by atoms with Gasteiger partial charge >= 0.3 is 0 Å². The molecular formula is C18H12S2. The molecule has 0 radical (unpaired) electrons. The van der Waals surface area contributed by atoms with Gasteiger partial charge in [0.05, 0.1) is 0 Å². The Bertz CT molecular complexity index is 767. The number of benzene rings is 2. The largest absolute Gasteiger partial charge is 0.144 e. The summed E-state index contributed by atoms with van der Waals surface area (Å²) in [5, 5.41) is 6.94. The van der Waals surface area contributed by atoms with Crippen LogP contribution in [0.2, 0.25) is 0 Å². The minimum atomic E-state index is 1.33. The van der Waals surface area contributed by atoms with Gasteiger partial charge in [0.15, 0.2) is 0 Å². The van der Waals surface area contributed by atoms with E-state index in [9.17, 15) is 0 Å². The fourth-order valence-electron chi connectivity index (χ4n) is 2.60. The van der Waals surface area contributed by atoms with Crippen LogP contribution >= 0.6 is 22.7 Å². The van der Waals surface area contributed by atoms with E-state index in [0.717, 1.165) is 0 Å². The minimum absolute atomic E-state index is 1.33. The third kappa shape index (κ3) is 1.89. The average Bonchev–Trinajstić information content (AvgIpc) is 3.19. The highest BCUT2D eigenvalue weighted by molar-refractivity contribution is 7.14. The average molecular weight is 292 g/mol. The molecule has 0 unspecified atom stereocenters. The van der Waals surface area contributed by atoms with Crippen LogP contribution in [-0.4, -0.2) is 0 Å². The molecule has 0 N–H and O–H groups in total. The molecule has 0 saturated heterocycles. The molecule has 0 saturated carbocycles. The van der Waals surface area contributed by atoms with Crippen molar-refractivity contribution in [2.75, 3.05) is 0 Å². The molecule has 2 heteroatoms. The van der Waals surface area contributed by atoms with Crippen molar-refractivity contribution in [1.29, 1.82) is 0 Å². The van der Waals surface area contributed by atoms with E-state index in [-0.39, 0.29) is 0 Å². The summed E-state index contributed by atoms with van der Waals surface area (Å²) in [6, 6.07) is 21.8. The lowest BCUT2D eigenvalue weighted by Gasteiger charge is -2.08. The summed E-state index contributed by atoms with van der Waals surface area (Å²) >= 11 is 3.59. The van der Waals surface area contributed by atoms with Crippen molar-refractivity contribution in [2.45, 2.75) is 0 Å². The summed E-state index contributed by atoms with van der Waals surface area (Å²) in [6.07, 6.45) is 0. The SMILES string of the molecule is c1csc(-c2cccc3c(-c4cccs4)cccc23)c1. The monoisotopic (exact) mass is 292 g/mol. The Morgan fingerprint density at radius 3 is 1.40 bits per heavy atom. The van der Waals surface area contributed by atoms with Crippen molar-refractivity contribution in [2.24, 2.45) is 0 Å². The zero-order chi connectivity index (χ0) is 13.4. The lowest BCUT2D eigenvalue weighted by molar-refractivity contribution is 1.73. The quantitative estimate of drug-likeness (QED) is 0.407. The van der Waals surface area contributed by atoms with E-state index in [1.165, 1.54) is 31.7 Å². The Kier molecular flexibility index (Phi) is 2.91. The Morgan fingerprint density at radius 2 is 1.00 bits per heavy atom. The molecule has 0 aliphatic rings. The molecule has 0 atom stereocenters. The maximum Gasteiger partial charge on any atom is 0.0348 e. The Labute approximate surface area is 126 Å². The fourth-order valence-corrected chi connectivity index (χ4v) is 4.14. The Balaban J connectivity index is 2.04. The first-order valence-corrected chi connectivity index (χ1v) is 8.29. The molecule has 0 aliphatic carbocycles. The molecular weight excluding hydrogens is 280 g/mol. The van der Waals surface area contributed by atoms with Crippen LogP contribution < -0.4 is 0 Å². The van der Waals surface area contributed by atoms with Gasteiger partial charge in [-0.3, -0.25) is 0 Å². The van der Waals surface area contributed by atoms with E-state index < -0.39 is 0 Å². The second kappa shape index (κ2) is 4.89. The molecule has 2 heterocycles. The van der Waals surface area contributed by atoms with Crippen LogP contribution in [0.5, 0.6) is 0 Å². The molecule has 4 rings (SSSR count). The van der Waals surface area contributed by atoms with Crippen LogP contribution in [0.15, 0.2) is 71.4 Å². The van der Waals surface area contributed by atoms with Gasteiger partial charge in [0.2, 0.25) is 0 Å². The first-order chi connectivity index (χ1) is 9.93.